The number of methoxy groups -OCH3 is 1. The van der Waals surface area contributed by atoms with Crippen LogP contribution in [0.4, 0.5) is 0 Å². The summed E-state index contributed by atoms with van der Waals surface area (Å²) in [5.41, 5.74) is 0. The summed E-state index contributed by atoms with van der Waals surface area (Å²) in [7, 11) is 2.75. The Morgan fingerprint density at radius 2 is 2.00 bits per heavy atom. The maximum absolute atomic E-state index is 10.8. The molecule has 0 aliphatic heterocycles. The van der Waals surface area contributed by atoms with Gasteiger partial charge in [0.25, 0.3) is 0 Å². The number of esters is 1. The van der Waals surface area contributed by atoms with Gasteiger partial charge in [0.1, 0.15) is 20.4 Å². The van der Waals surface area contributed by atoms with E-state index in [1.54, 1.807) is 0 Å². The van der Waals surface area contributed by atoms with Crippen LogP contribution in [0.15, 0.2) is 0 Å². The topological polar surface area (TPSA) is 55.6 Å². The molecule has 0 unspecified atom stereocenters. The molecule has 0 aromatic rings. The largest absolute Gasteiger partial charge is 0.467 e. The first-order valence-electron chi connectivity index (χ1n) is 3.29. The summed E-state index contributed by atoms with van der Waals surface area (Å²) in [6, 6.07) is 0. The van der Waals surface area contributed by atoms with Crippen molar-refractivity contribution in [1.29, 1.82) is 0 Å². The van der Waals surface area contributed by atoms with Crippen LogP contribution >= 0.6 is 0 Å². The van der Waals surface area contributed by atoms with Crippen molar-refractivity contribution in [2.45, 2.75) is 0 Å². The van der Waals surface area contributed by atoms with Gasteiger partial charge in [-0.05, 0) is 0 Å². The van der Waals surface area contributed by atoms with Crippen molar-refractivity contribution < 1.29 is 23.6 Å². The molecule has 68 valence electrons. The summed E-state index contributed by atoms with van der Waals surface area (Å²) in [4.78, 5) is 21.3. The molecule has 0 heterocycles. The third kappa shape index (κ3) is 4.56. The van der Waals surface area contributed by atoms with E-state index in [9.17, 15) is 9.59 Å². The highest BCUT2D eigenvalue weighted by atomic mass is 16.6. The van der Waals surface area contributed by atoms with Crippen molar-refractivity contribution in [3.05, 3.63) is 0 Å². The van der Waals surface area contributed by atoms with Crippen LogP contribution in [-0.4, -0.2) is 50.5 Å². The van der Waals surface area contributed by atoms with Gasteiger partial charge in [0.2, 0.25) is 0 Å². The second kappa shape index (κ2) is 5.42. The summed E-state index contributed by atoms with van der Waals surface area (Å²) < 4.78 is 10.1. The SMILES string of the molecule is C=[N+](C)C(=O)COCC(=O)OC. The lowest BCUT2D eigenvalue weighted by Gasteiger charge is -1.98. The molecule has 0 spiro atoms. The third-order valence-corrected chi connectivity index (χ3v) is 1.10. The molecule has 1 amide bonds. The molecule has 0 aliphatic rings. The molecule has 0 aromatic carbocycles. The number of likely N-dealkylation sites (N-methyl/N-ethyl adjacent to an activating group) is 1. The number of ether oxygens (including phenoxy) is 2. The summed E-state index contributed by atoms with van der Waals surface area (Å²) >= 11 is 0. The van der Waals surface area contributed by atoms with Crippen molar-refractivity contribution in [3.8, 4) is 0 Å². The number of carbonyl (C=O) groups is 2. The van der Waals surface area contributed by atoms with Gasteiger partial charge in [0.15, 0.2) is 6.61 Å². The number of rotatable bonds is 4. The van der Waals surface area contributed by atoms with E-state index in [2.05, 4.69) is 11.5 Å². The average molecular weight is 174 g/mol. The van der Waals surface area contributed by atoms with Gasteiger partial charge in [-0.1, -0.05) is 0 Å². The van der Waals surface area contributed by atoms with Gasteiger partial charge in [-0.3, -0.25) is 0 Å². The van der Waals surface area contributed by atoms with E-state index in [-0.39, 0.29) is 19.1 Å². The fourth-order valence-electron chi connectivity index (χ4n) is 0.391. The molecule has 0 radical (unpaired) electrons. The van der Waals surface area contributed by atoms with Crippen LogP contribution in [0.2, 0.25) is 0 Å². The summed E-state index contributed by atoms with van der Waals surface area (Å²) in [5, 5.41) is 0. The number of amides is 1. The van der Waals surface area contributed by atoms with Crippen LogP contribution in [0.1, 0.15) is 0 Å². The second-order valence-corrected chi connectivity index (χ2v) is 2.16. The number of carbonyl (C=O) groups excluding carboxylic acids is 2. The zero-order chi connectivity index (χ0) is 9.56. The molecule has 0 saturated carbocycles. The van der Waals surface area contributed by atoms with E-state index in [1.807, 2.05) is 0 Å². The Kier molecular flexibility index (Phi) is 4.87. The Morgan fingerprint density at radius 1 is 1.42 bits per heavy atom. The number of hydrogen-bond acceptors (Lipinski definition) is 4. The molecule has 0 fully saturated rings. The minimum absolute atomic E-state index is 0.158. The molecule has 0 rings (SSSR count). The van der Waals surface area contributed by atoms with Gasteiger partial charge in [-0.2, -0.15) is 4.58 Å². The lowest BCUT2D eigenvalue weighted by atomic mass is 10.6. The van der Waals surface area contributed by atoms with Gasteiger partial charge < -0.3 is 9.47 Å². The Balaban J connectivity index is 3.50. The van der Waals surface area contributed by atoms with Crippen LogP contribution < -0.4 is 0 Å². The van der Waals surface area contributed by atoms with Crippen LogP contribution in [0.5, 0.6) is 0 Å². The third-order valence-electron chi connectivity index (χ3n) is 1.10. The van der Waals surface area contributed by atoms with Gasteiger partial charge in [-0.15, -0.1) is 0 Å². The standard InChI is InChI=1S/C7H12NO4/c1-8(2)6(9)4-12-5-7(10)11-3/h1,4-5H2,2-3H3/q+1. The Bertz CT molecular complexity index is 200. The summed E-state index contributed by atoms with van der Waals surface area (Å²) in [6.07, 6.45) is 0. The second-order valence-electron chi connectivity index (χ2n) is 2.16. The van der Waals surface area contributed by atoms with Crippen LogP contribution in [-0.2, 0) is 19.1 Å². The molecule has 5 heteroatoms. The van der Waals surface area contributed by atoms with E-state index in [4.69, 9.17) is 4.74 Å². The Hall–Kier alpha value is -1.23. The molecule has 12 heavy (non-hydrogen) atoms. The monoisotopic (exact) mass is 174 g/mol. The van der Waals surface area contributed by atoms with Gasteiger partial charge >= 0.3 is 11.9 Å². The van der Waals surface area contributed by atoms with Crippen LogP contribution in [0, 0.1) is 0 Å². The molecule has 5 nitrogen and oxygen atoms in total. The molecule has 0 aromatic heterocycles. The minimum Gasteiger partial charge on any atom is -0.467 e. The van der Waals surface area contributed by atoms with E-state index in [0.29, 0.717) is 0 Å². The maximum Gasteiger partial charge on any atom is 0.411 e. The van der Waals surface area contributed by atoms with Crippen molar-refractivity contribution in [1.82, 2.24) is 0 Å². The highest BCUT2D eigenvalue weighted by molar-refractivity contribution is 5.72. The van der Waals surface area contributed by atoms with Crippen molar-refractivity contribution >= 4 is 18.6 Å². The van der Waals surface area contributed by atoms with E-state index in [1.165, 1.54) is 14.2 Å². The predicted molar refractivity (Wildman–Crippen MR) is 41.1 cm³/mol. The fourth-order valence-corrected chi connectivity index (χ4v) is 0.391. The molecule has 0 aliphatic carbocycles. The van der Waals surface area contributed by atoms with E-state index >= 15 is 0 Å². The van der Waals surface area contributed by atoms with Crippen molar-refractivity contribution in [2.75, 3.05) is 27.4 Å². The predicted octanol–water partition coefficient (Wildman–Crippen LogP) is -0.954. The van der Waals surface area contributed by atoms with E-state index in [0.717, 1.165) is 4.58 Å². The van der Waals surface area contributed by atoms with Crippen LogP contribution in [0.3, 0.4) is 0 Å². The Morgan fingerprint density at radius 3 is 2.42 bits per heavy atom. The highest BCUT2D eigenvalue weighted by Gasteiger charge is 2.10. The van der Waals surface area contributed by atoms with Gasteiger partial charge in [-0.25, -0.2) is 9.59 Å². The summed E-state index contributed by atoms with van der Waals surface area (Å²) in [5.74, 6) is -0.798. The molecule has 0 N–H and O–H groups in total. The average Bonchev–Trinajstić information content (AvgIpc) is 2.03. The quantitative estimate of drug-likeness (QED) is 0.313. The zero-order valence-electron chi connectivity index (χ0n) is 7.20. The molecular weight excluding hydrogens is 162 g/mol. The first-order chi connectivity index (χ1) is 5.57. The van der Waals surface area contributed by atoms with Gasteiger partial charge in [0, 0.05) is 0 Å². The van der Waals surface area contributed by atoms with Gasteiger partial charge in [0.05, 0.1) is 7.11 Å². The Labute approximate surface area is 70.6 Å². The first kappa shape index (κ1) is 10.8. The maximum atomic E-state index is 10.8. The lowest BCUT2D eigenvalue weighted by molar-refractivity contribution is -0.412. The smallest absolute Gasteiger partial charge is 0.411 e. The number of nitrogens with zero attached hydrogens (tertiary/aromatic N) is 1. The number of hydrogen-bond donors (Lipinski definition) is 0. The van der Waals surface area contributed by atoms with E-state index < -0.39 is 5.97 Å². The lowest BCUT2D eigenvalue weighted by Crippen LogP contribution is -2.22. The fraction of sp³-hybridized carbons (Fsp3) is 0.571. The highest BCUT2D eigenvalue weighted by Crippen LogP contribution is 1.80. The molecular formula is C7H12NO4+. The van der Waals surface area contributed by atoms with Crippen molar-refractivity contribution in [3.63, 3.8) is 0 Å². The zero-order valence-corrected chi connectivity index (χ0v) is 7.20. The normalized spacial score (nSPS) is 9.17. The summed E-state index contributed by atoms with van der Waals surface area (Å²) in [6.45, 7) is 2.97. The first-order valence-corrected chi connectivity index (χ1v) is 3.29. The minimum atomic E-state index is -0.505. The molecule has 0 saturated heterocycles. The molecule has 0 atom stereocenters. The van der Waals surface area contributed by atoms with Crippen LogP contribution in [0.25, 0.3) is 0 Å². The van der Waals surface area contributed by atoms with Crippen molar-refractivity contribution in [2.24, 2.45) is 0 Å². The molecule has 0 bridgehead atoms.